The van der Waals surface area contributed by atoms with Crippen LogP contribution in [0.2, 0.25) is 0 Å². The Bertz CT molecular complexity index is 718. The van der Waals surface area contributed by atoms with Gasteiger partial charge in [0.2, 0.25) is 0 Å². The predicted octanol–water partition coefficient (Wildman–Crippen LogP) is 2.97. The molecular weight excluding hydrogens is 306 g/mol. The first-order chi connectivity index (χ1) is 11.5. The second-order valence-electron chi connectivity index (χ2n) is 5.38. The molecule has 0 saturated carbocycles. The summed E-state index contributed by atoms with van der Waals surface area (Å²) < 4.78 is 10.7. The van der Waals surface area contributed by atoms with E-state index in [0.29, 0.717) is 22.9 Å². The number of pyridine rings is 1. The highest BCUT2D eigenvalue weighted by Crippen LogP contribution is 2.32. The van der Waals surface area contributed by atoms with E-state index >= 15 is 0 Å². The monoisotopic (exact) mass is 329 g/mol. The van der Waals surface area contributed by atoms with Gasteiger partial charge in [-0.3, -0.25) is 4.79 Å². The Hall–Kier alpha value is -2.76. The second kappa shape index (κ2) is 7.68. The van der Waals surface area contributed by atoms with Crippen LogP contribution in [-0.4, -0.2) is 44.1 Å². The molecule has 0 fully saturated rings. The lowest BCUT2D eigenvalue weighted by molar-refractivity contribution is 0.0741. The fraction of sp³-hybridized carbons (Fsp3) is 0.333. The van der Waals surface area contributed by atoms with E-state index in [4.69, 9.17) is 9.47 Å². The van der Waals surface area contributed by atoms with Gasteiger partial charge in [-0.1, -0.05) is 0 Å². The molecule has 0 bridgehead atoms. The first-order valence-corrected chi connectivity index (χ1v) is 7.64. The fourth-order valence-corrected chi connectivity index (χ4v) is 2.45. The summed E-state index contributed by atoms with van der Waals surface area (Å²) in [5.41, 5.74) is 1.49. The largest absolute Gasteiger partial charge is 0.497 e. The van der Waals surface area contributed by atoms with E-state index in [-0.39, 0.29) is 11.9 Å². The number of carbonyl (C=O) groups excluding carboxylic acids is 1. The Morgan fingerprint density at radius 2 is 1.96 bits per heavy atom. The van der Waals surface area contributed by atoms with Gasteiger partial charge in [-0.2, -0.15) is 0 Å². The van der Waals surface area contributed by atoms with Crippen molar-refractivity contribution >= 4 is 11.7 Å². The van der Waals surface area contributed by atoms with E-state index in [0.717, 1.165) is 5.56 Å². The number of nitrogens with one attached hydrogen (secondary N) is 1. The van der Waals surface area contributed by atoms with Crippen molar-refractivity contribution < 1.29 is 14.3 Å². The van der Waals surface area contributed by atoms with E-state index in [1.807, 2.05) is 25.1 Å². The van der Waals surface area contributed by atoms with Crippen LogP contribution in [0.3, 0.4) is 0 Å². The average molecular weight is 329 g/mol. The minimum Gasteiger partial charge on any atom is -0.497 e. The molecule has 2 aromatic rings. The number of benzene rings is 1. The number of aromatic nitrogens is 1. The molecule has 0 aliphatic carbocycles. The van der Waals surface area contributed by atoms with Crippen LogP contribution in [0.1, 0.15) is 28.9 Å². The maximum atomic E-state index is 12.8. The number of nitrogens with zero attached hydrogens (tertiary/aromatic N) is 2. The van der Waals surface area contributed by atoms with Crippen molar-refractivity contribution in [2.75, 3.05) is 33.6 Å². The topological polar surface area (TPSA) is 63.7 Å². The van der Waals surface area contributed by atoms with Gasteiger partial charge in [0.1, 0.15) is 17.3 Å². The quantitative estimate of drug-likeness (QED) is 0.883. The molecule has 1 atom stereocenters. The lowest BCUT2D eigenvalue weighted by atomic mass is 10.0. The number of rotatable bonds is 6. The van der Waals surface area contributed by atoms with Crippen LogP contribution < -0.4 is 14.8 Å². The molecule has 0 spiro atoms. The number of carbonyl (C=O) groups is 1. The van der Waals surface area contributed by atoms with Crippen LogP contribution in [0.25, 0.3) is 0 Å². The number of ether oxygens (including phenoxy) is 2. The summed E-state index contributed by atoms with van der Waals surface area (Å²) in [6.07, 6.45) is 1.62. The first kappa shape index (κ1) is 17.6. The van der Waals surface area contributed by atoms with Gasteiger partial charge >= 0.3 is 0 Å². The molecule has 1 aromatic heterocycles. The first-order valence-electron chi connectivity index (χ1n) is 7.64. The zero-order valence-corrected chi connectivity index (χ0v) is 14.7. The van der Waals surface area contributed by atoms with Crippen LogP contribution in [0, 0.1) is 0 Å². The molecule has 6 nitrogen and oxygen atoms in total. The molecule has 2 rings (SSSR count). The molecular formula is C18H23N3O3. The standard InChI is InChI=1S/C18H23N3O3/c1-12(15-7-6-14(23-4)11-16(15)24-5)21(3)18(22)13-8-9-20-17(10-13)19-2/h6-12H,1-5H3,(H,19,20)/t12-/m1/s1. The van der Waals surface area contributed by atoms with Crippen molar-refractivity contribution in [2.45, 2.75) is 13.0 Å². The Morgan fingerprint density at radius 1 is 1.21 bits per heavy atom. The van der Waals surface area contributed by atoms with Gasteiger partial charge in [0.05, 0.1) is 20.3 Å². The lowest BCUT2D eigenvalue weighted by Crippen LogP contribution is -2.30. The van der Waals surface area contributed by atoms with E-state index < -0.39 is 0 Å². The third kappa shape index (κ3) is 3.59. The third-order valence-electron chi connectivity index (χ3n) is 4.06. The molecule has 0 aliphatic rings. The minimum atomic E-state index is -0.162. The van der Waals surface area contributed by atoms with Gasteiger partial charge in [-0.15, -0.1) is 0 Å². The summed E-state index contributed by atoms with van der Waals surface area (Å²) in [5, 5.41) is 2.94. The Morgan fingerprint density at radius 3 is 2.58 bits per heavy atom. The van der Waals surface area contributed by atoms with Crippen LogP contribution in [0.4, 0.5) is 5.82 Å². The number of anilines is 1. The normalized spacial score (nSPS) is 11.5. The molecule has 1 N–H and O–H groups in total. The van der Waals surface area contributed by atoms with Crippen molar-refractivity contribution in [3.8, 4) is 11.5 Å². The molecule has 128 valence electrons. The summed E-state index contributed by atoms with van der Waals surface area (Å²) in [6.45, 7) is 1.96. The van der Waals surface area contributed by atoms with Gasteiger partial charge in [0.25, 0.3) is 5.91 Å². The van der Waals surface area contributed by atoms with Crippen molar-refractivity contribution in [1.82, 2.24) is 9.88 Å². The SMILES string of the molecule is CNc1cc(C(=O)N(C)[C@H](C)c2ccc(OC)cc2OC)ccn1. The molecule has 1 amide bonds. The smallest absolute Gasteiger partial charge is 0.254 e. The zero-order valence-electron chi connectivity index (χ0n) is 14.7. The summed E-state index contributed by atoms with van der Waals surface area (Å²) in [5.74, 6) is 1.97. The van der Waals surface area contributed by atoms with E-state index in [9.17, 15) is 4.79 Å². The van der Waals surface area contributed by atoms with E-state index in [1.165, 1.54) is 0 Å². The van der Waals surface area contributed by atoms with E-state index in [1.54, 1.807) is 51.5 Å². The highest BCUT2D eigenvalue weighted by Gasteiger charge is 2.22. The van der Waals surface area contributed by atoms with Crippen LogP contribution in [-0.2, 0) is 0 Å². The molecule has 0 saturated heterocycles. The minimum absolute atomic E-state index is 0.0840. The summed E-state index contributed by atoms with van der Waals surface area (Å²) >= 11 is 0. The van der Waals surface area contributed by atoms with E-state index in [2.05, 4.69) is 10.3 Å². The van der Waals surface area contributed by atoms with Crippen molar-refractivity contribution in [1.29, 1.82) is 0 Å². The van der Waals surface area contributed by atoms with Crippen molar-refractivity contribution in [3.63, 3.8) is 0 Å². The average Bonchev–Trinajstić information content (AvgIpc) is 2.65. The van der Waals surface area contributed by atoms with Gasteiger partial charge in [0, 0.05) is 37.5 Å². The highest BCUT2D eigenvalue weighted by atomic mass is 16.5. The molecule has 0 unspecified atom stereocenters. The number of hydrogen-bond donors (Lipinski definition) is 1. The Balaban J connectivity index is 2.28. The van der Waals surface area contributed by atoms with Gasteiger partial charge < -0.3 is 19.7 Å². The number of hydrogen-bond acceptors (Lipinski definition) is 5. The number of amides is 1. The predicted molar refractivity (Wildman–Crippen MR) is 93.8 cm³/mol. The summed E-state index contributed by atoms with van der Waals surface area (Å²) in [4.78, 5) is 18.6. The molecule has 0 aliphatic heterocycles. The van der Waals surface area contributed by atoms with Gasteiger partial charge in [-0.05, 0) is 31.2 Å². The molecule has 1 heterocycles. The zero-order chi connectivity index (χ0) is 17.7. The summed E-state index contributed by atoms with van der Waals surface area (Å²) in [7, 11) is 6.76. The Kier molecular flexibility index (Phi) is 5.63. The summed E-state index contributed by atoms with van der Waals surface area (Å²) in [6, 6.07) is 8.87. The third-order valence-corrected chi connectivity index (χ3v) is 4.06. The second-order valence-corrected chi connectivity index (χ2v) is 5.38. The lowest BCUT2D eigenvalue weighted by Gasteiger charge is -2.27. The van der Waals surface area contributed by atoms with Gasteiger partial charge in [-0.25, -0.2) is 4.98 Å². The Labute approximate surface area is 142 Å². The van der Waals surface area contributed by atoms with Crippen molar-refractivity contribution in [3.05, 3.63) is 47.7 Å². The molecule has 24 heavy (non-hydrogen) atoms. The number of methoxy groups -OCH3 is 2. The van der Waals surface area contributed by atoms with Crippen LogP contribution in [0.15, 0.2) is 36.5 Å². The molecule has 0 radical (unpaired) electrons. The molecule has 1 aromatic carbocycles. The highest BCUT2D eigenvalue weighted by molar-refractivity contribution is 5.95. The van der Waals surface area contributed by atoms with Crippen molar-refractivity contribution in [2.24, 2.45) is 0 Å². The maximum Gasteiger partial charge on any atom is 0.254 e. The maximum absolute atomic E-state index is 12.8. The molecule has 6 heteroatoms. The van der Waals surface area contributed by atoms with Crippen LogP contribution in [0.5, 0.6) is 11.5 Å². The van der Waals surface area contributed by atoms with Crippen LogP contribution >= 0.6 is 0 Å². The van der Waals surface area contributed by atoms with Gasteiger partial charge in [0.15, 0.2) is 0 Å². The fourth-order valence-electron chi connectivity index (χ4n) is 2.45.